The molecule has 0 fully saturated rings. The first kappa shape index (κ1) is 15.2. The zero-order valence-electron chi connectivity index (χ0n) is 11.0. The van der Waals surface area contributed by atoms with E-state index in [1.54, 1.807) is 0 Å². The van der Waals surface area contributed by atoms with Crippen molar-refractivity contribution in [3.05, 3.63) is 56.5 Å². The number of aromatic nitrogens is 2. The first-order chi connectivity index (χ1) is 10.1. The molecule has 1 aromatic heterocycles. The Balaban J connectivity index is 2.14. The lowest BCUT2D eigenvalue weighted by Crippen LogP contribution is -2.15. The Morgan fingerprint density at radius 1 is 1.33 bits per heavy atom. The van der Waals surface area contributed by atoms with Crippen LogP contribution in [0.15, 0.2) is 39.6 Å². The van der Waals surface area contributed by atoms with Crippen molar-refractivity contribution in [2.24, 2.45) is 0 Å². The maximum Gasteiger partial charge on any atom is 0.303 e. The quantitative estimate of drug-likeness (QED) is 0.830. The van der Waals surface area contributed by atoms with Crippen LogP contribution in [-0.2, 0) is 17.8 Å². The van der Waals surface area contributed by atoms with Crippen LogP contribution in [0.2, 0.25) is 0 Å². The number of aliphatic carboxylic acids is 1. The molecule has 1 aromatic carbocycles. The van der Waals surface area contributed by atoms with Gasteiger partial charge in [0.15, 0.2) is 0 Å². The standard InChI is InChI=1S/C14H13BrN2O4/c15-12-13(20)16-10(6-7-11(18)19)17-14(12)21-8-9-4-2-1-3-5-9/h1-5H,6-8H2,(H,18,19)(H,16,17,20). The third-order valence-corrected chi connectivity index (χ3v) is 3.37. The molecule has 0 saturated carbocycles. The molecule has 2 aromatic rings. The van der Waals surface area contributed by atoms with Gasteiger partial charge in [0.1, 0.15) is 16.9 Å². The molecule has 21 heavy (non-hydrogen) atoms. The third-order valence-electron chi connectivity index (χ3n) is 2.68. The van der Waals surface area contributed by atoms with Gasteiger partial charge in [-0.25, -0.2) is 0 Å². The van der Waals surface area contributed by atoms with Crippen LogP contribution in [0.4, 0.5) is 0 Å². The molecule has 0 aliphatic heterocycles. The molecule has 0 unspecified atom stereocenters. The van der Waals surface area contributed by atoms with E-state index in [1.165, 1.54) is 0 Å². The molecule has 0 amide bonds. The van der Waals surface area contributed by atoms with Crippen molar-refractivity contribution >= 4 is 21.9 Å². The molecule has 2 rings (SSSR count). The van der Waals surface area contributed by atoms with Crippen LogP contribution in [-0.4, -0.2) is 21.0 Å². The van der Waals surface area contributed by atoms with Crippen molar-refractivity contribution in [1.29, 1.82) is 0 Å². The van der Waals surface area contributed by atoms with Gasteiger partial charge in [0.2, 0.25) is 5.88 Å². The van der Waals surface area contributed by atoms with E-state index in [2.05, 4.69) is 25.9 Å². The van der Waals surface area contributed by atoms with E-state index in [0.29, 0.717) is 0 Å². The number of carbonyl (C=O) groups is 1. The molecule has 0 atom stereocenters. The minimum absolute atomic E-state index is 0.108. The molecule has 0 radical (unpaired) electrons. The van der Waals surface area contributed by atoms with E-state index >= 15 is 0 Å². The zero-order valence-corrected chi connectivity index (χ0v) is 12.6. The molecule has 7 heteroatoms. The fourth-order valence-electron chi connectivity index (χ4n) is 1.65. The summed E-state index contributed by atoms with van der Waals surface area (Å²) in [5.41, 5.74) is 0.548. The summed E-state index contributed by atoms with van der Waals surface area (Å²) in [6.45, 7) is 0.272. The SMILES string of the molecule is O=C(O)CCc1nc(OCc2ccccc2)c(Br)c(=O)[nH]1. The number of benzene rings is 1. The lowest BCUT2D eigenvalue weighted by atomic mass is 10.2. The topological polar surface area (TPSA) is 92.3 Å². The Hall–Kier alpha value is -2.15. The second-order valence-electron chi connectivity index (χ2n) is 4.30. The van der Waals surface area contributed by atoms with Crippen LogP contribution in [0, 0.1) is 0 Å². The minimum atomic E-state index is -0.952. The molecular weight excluding hydrogens is 340 g/mol. The van der Waals surface area contributed by atoms with Crippen LogP contribution in [0.25, 0.3) is 0 Å². The summed E-state index contributed by atoms with van der Waals surface area (Å²) in [6.07, 6.45) is 0.0300. The average molecular weight is 353 g/mol. The number of rotatable bonds is 6. The van der Waals surface area contributed by atoms with Gasteiger partial charge in [-0.2, -0.15) is 4.98 Å². The predicted octanol–water partition coefficient (Wildman–Crippen LogP) is 2.13. The first-order valence-electron chi connectivity index (χ1n) is 6.23. The van der Waals surface area contributed by atoms with Gasteiger partial charge in [-0.3, -0.25) is 9.59 Å². The lowest BCUT2D eigenvalue weighted by Gasteiger charge is -2.08. The molecule has 0 bridgehead atoms. The normalized spacial score (nSPS) is 10.3. The Morgan fingerprint density at radius 3 is 2.71 bits per heavy atom. The molecule has 2 N–H and O–H groups in total. The van der Waals surface area contributed by atoms with Crippen LogP contribution in [0.5, 0.6) is 5.88 Å². The molecule has 6 nitrogen and oxygen atoms in total. The third kappa shape index (κ3) is 4.42. The predicted molar refractivity (Wildman–Crippen MR) is 79.3 cm³/mol. The van der Waals surface area contributed by atoms with Gasteiger partial charge in [0.25, 0.3) is 5.56 Å². The number of aryl methyl sites for hydroxylation is 1. The van der Waals surface area contributed by atoms with Crippen LogP contribution in [0.3, 0.4) is 0 Å². The Labute approximate surface area is 128 Å². The number of hydrogen-bond donors (Lipinski definition) is 2. The largest absolute Gasteiger partial charge is 0.481 e. The number of carboxylic acid groups (broad SMARTS) is 1. The highest BCUT2D eigenvalue weighted by Gasteiger charge is 2.11. The molecule has 1 heterocycles. The van der Waals surface area contributed by atoms with Crippen LogP contribution in [0.1, 0.15) is 17.8 Å². The molecule has 0 saturated heterocycles. The number of nitrogens with one attached hydrogen (secondary N) is 1. The van der Waals surface area contributed by atoms with Gasteiger partial charge in [0, 0.05) is 6.42 Å². The summed E-state index contributed by atoms with van der Waals surface area (Å²) in [6, 6.07) is 9.46. The minimum Gasteiger partial charge on any atom is -0.481 e. The van der Waals surface area contributed by atoms with Gasteiger partial charge in [-0.05, 0) is 21.5 Å². The summed E-state index contributed by atoms with van der Waals surface area (Å²) in [4.78, 5) is 29.0. The van der Waals surface area contributed by atoms with Gasteiger partial charge < -0.3 is 14.8 Å². The number of H-pyrrole nitrogens is 1. The number of hydrogen-bond acceptors (Lipinski definition) is 4. The van der Waals surface area contributed by atoms with Crippen molar-refractivity contribution in [2.75, 3.05) is 0 Å². The highest BCUT2D eigenvalue weighted by atomic mass is 79.9. The molecule has 0 aliphatic rings. The summed E-state index contributed by atoms with van der Waals surface area (Å²) in [7, 11) is 0. The summed E-state index contributed by atoms with van der Waals surface area (Å²) >= 11 is 3.12. The number of nitrogens with zero attached hydrogens (tertiary/aromatic N) is 1. The van der Waals surface area contributed by atoms with Crippen molar-refractivity contribution in [3.63, 3.8) is 0 Å². The Bertz CT molecular complexity index is 685. The Kier molecular flexibility index (Phi) is 5.10. The van der Waals surface area contributed by atoms with Crippen molar-refractivity contribution < 1.29 is 14.6 Å². The summed E-state index contributed by atoms with van der Waals surface area (Å²) in [5, 5.41) is 8.66. The van der Waals surface area contributed by atoms with Crippen molar-refractivity contribution in [2.45, 2.75) is 19.4 Å². The zero-order chi connectivity index (χ0) is 15.2. The fraction of sp³-hybridized carbons (Fsp3) is 0.214. The second-order valence-corrected chi connectivity index (χ2v) is 5.09. The molecular formula is C14H13BrN2O4. The van der Waals surface area contributed by atoms with E-state index in [9.17, 15) is 9.59 Å². The van der Waals surface area contributed by atoms with Gasteiger partial charge in [0.05, 0.1) is 6.42 Å². The van der Waals surface area contributed by atoms with Crippen LogP contribution < -0.4 is 10.3 Å². The van der Waals surface area contributed by atoms with Crippen LogP contribution >= 0.6 is 15.9 Å². The lowest BCUT2D eigenvalue weighted by molar-refractivity contribution is -0.137. The summed E-state index contributed by atoms with van der Waals surface area (Å²) < 4.78 is 5.72. The smallest absolute Gasteiger partial charge is 0.303 e. The van der Waals surface area contributed by atoms with Gasteiger partial charge >= 0.3 is 5.97 Å². The molecule has 110 valence electrons. The fourth-order valence-corrected chi connectivity index (χ4v) is 1.95. The van der Waals surface area contributed by atoms with E-state index in [-0.39, 0.29) is 35.6 Å². The first-order valence-corrected chi connectivity index (χ1v) is 7.03. The maximum atomic E-state index is 11.7. The van der Waals surface area contributed by atoms with Gasteiger partial charge in [-0.1, -0.05) is 30.3 Å². The van der Waals surface area contributed by atoms with E-state index in [0.717, 1.165) is 5.56 Å². The van der Waals surface area contributed by atoms with E-state index < -0.39 is 11.5 Å². The van der Waals surface area contributed by atoms with Crippen molar-refractivity contribution in [3.8, 4) is 5.88 Å². The monoisotopic (exact) mass is 352 g/mol. The second kappa shape index (κ2) is 7.03. The van der Waals surface area contributed by atoms with E-state index in [1.807, 2.05) is 30.3 Å². The van der Waals surface area contributed by atoms with E-state index in [4.69, 9.17) is 9.84 Å². The Morgan fingerprint density at radius 2 is 2.05 bits per heavy atom. The number of carboxylic acids is 1. The number of halogens is 1. The molecule has 0 aliphatic carbocycles. The molecule has 0 spiro atoms. The number of ether oxygens (including phenoxy) is 1. The highest BCUT2D eigenvalue weighted by Crippen LogP contribution is 2.19. The summed E-state index contributed by atoms with van der Waals surface area (Å²) in [5.74, 6) is -0.510. The maximum absolute atomic E-state index is 11.7. The number of aromatic amines is 1. The average Bonchev–Trinajstić information content (AvgIpc) is 2.48. The van der Waals surface area contributed by atoms with Gasteiger partial charge in [-0.15, -0.1) is 0 Å². The van der Waals surface area contributed by atoms with Crippen molar-refractivity contribution in [1.82, 2.24) is 9.97 Å². The highest BCUT2D eigenvalue weighted by molar-refractivity contribution is 9.10.